The lowest BCUT2D eigenvalue weighted by molar-refractivity contribution is 0.0733. The number of hydrogen-bond donors (Lipinski definition) is 0. The van der Waals surface area contributed by atoms with Crippen LogP contribution in [0.1, 0.15) is 46.9 Å². The summed E-state index contributed by atoms with van der Waals surface area (Å²) >= 11 is 0. The normalized spacial score (nSPS) is 16.2. The fraction of sp³-hybridized carbons (Fsp3) is 0.393. The molecular formula is C28H32FN5O. The molecule has 1 aromatic heterocycles. The van der Waals surface area contributed by atoms with E-state index >= 15 is 0 Å². The van der Waals surface area contributed by atoms with Crippen molar-refractivity contribution in [2.45, 2.75) is 39.3 Å². The minimum atomic E-state index is -0.397. The molecule has 0 unspecified atom stereocenters. The van der Waals surface area contributed by atoms with Crippen molar-refractivity contribution in [2.24, 2.45) is 5.92 Å². The van der Waals surface area contributed by atoms with Crippen LogP contribution in [-0.2, 0) is 19.5 Å². The summed E-state index contributed by atoms with van der Waals surface area (Å²) in [6.07, 6.45) is 2.90. The average Bonchev–Trinajstić information content (AvgIpc) is 2.88. The number of halogens is 1. The number of anilines is 2. The molecule has 0 spiro atoms. The number of aromatic nitrogens is 2. The van der Waals surface area contributed by atoms with E-state index in [2.05, 4.69) is 28.9 Å². The molecule has 0 atom stereocenters. The van der Waals surface area contributed by atoms with E-state index in [1.54, 1.807) is 17.0 Å². The van der Waals surface area contributed by atoms with Crippen molar-refractivity contribution < 1.29 is 9.18 Å². The van der Waals surface area contributed by atoms with Crippen molar-refractivity contribution in [1.29, 1.82) is 0 Å². The number of benzene rings is 2. The van der Waals surface area contributed by atoms with Crippen molar-refractivity contribution in [3.8, 4) is 0 Å². The Morgan fingerprint density at radius 1 is 1.06 bits per heavy atom. The minimum absolute atomic E-state index is 0.154. The highest BCUT2D eigenvalue weighted by molar-refractivity contribution is 5.94. The number of hydrogen-bond acceptors (Lipinski definition) is 5. The SMILES string of the molecule is CC1CCN(c2nc(N(C)Cc3ccccc3)nc3c2CN(C(=O)c2cccc(F)c2)CC3)CC1. The highest BCUT2D eigenvalue weighted by atomic mass is 19.1. The quantitative estimate of drug-likeness (QED) is 0.538. The van der Waals surface area contributed by atoms with Gasteiger partial charge in [-0.05, 0) is 42.5 Å². The number of nitrogens with zero attached hydrogens (tertiary/aromatic N) is 5. The monoisotopic (exact) mass is 473 g/mol. The Labute approximate surface area is 206 Å². The predicted octanol–water partition coefficient (Wildman–Crippen LogP) is 4.69. The first-order valence-electron chi connectivity index (χ1n) is 12.4. The largest absolute Gasteiger partial charge is 0.356 e. The third-order valence-electron chi connectivity index (χ3n) is 7.07. The smallest absolute Gasteiger partial charge is 0.254 e. The summed E-state index contributed by atoms with van der Waals surface area (Å²) < 4.78 is 13.7. The van der Waals surface area contributed by atoms with Crippen molar-refractivity contribution in [2.75, 3.05) is 36.5 Å². The molecule has 2 aliphatic heterocycles. The summed E-state index contributed by atoms with van der Waals surface area (Å²) in [4.78, 5) is 29.4. The van der Waals surface area contributed by atoms with Crippen LogP contribution >= 0.6 is 0 Å². The van der Waals surface area contributed by atoms with Crippen LogP contribution in [-0.4, -0.2) is 47.5 Å². The second-order valence-electron chi connectivity index (χ2n) is 9.77. The van der Waals surface area contributed by atoms with Gasteiger partial charge in [0.15, 0.2) is 0 Å². The fourth-order valence-electron chi connectivity index (χ4n) is 4.94. The first-order valence-corrected chi connectivity index (χ1v) is 12.4. The van der Waals surface area contributed by atoms with Gasteiger partial charge in [0.05, 0.1) is 12.2 Å². The van der Waals surface area contributed by atoms with Gasteiger partial charge in [-0.3, -0.25) is 4.79 Å². The summed E-state index contributed by atoms with van der Waals surface area (Å²) in [6.45, 7) is 5.91. The molecule has 3 heterocycles. The van der Waals surface area contributed by atoms with E-state index in [-0.39, 0.29) is 5.91 Å². The van der Waals surface area contributed by atoms with Crippen LogP contribution in [0.5, 0.6) is 0 Å². The molecule has 1 saturated heterocycles. The lowest BCUT2D eigenvalue weighted by Gasteiger charge is -2.36. The van der Waals surface area contributed by atoms with Crippen LogP contribution in [0, 0.1) is 11.7 Å². The standard InChI is InChI=1S/C28H32FN5O/c1-20-11-14-33(15-12-20)26-24-19-34(27(35)22-9-6-10-23(29)17-22)16-13-25(24)30-28(31-26)32(2)18-21-7-4-3-5-8-21/h3-10,17,20H,11-16,18-19H2,1-2H3. The second-order valence-corrected chi connectivity index (χ2v) is 9.77. The molecule has 2 aromatic carbocycles. The maximum atomic E-state index is 13.7. The number of amides is 1. The van der Waals surface area contributed by atoms with Gasteiger partial charge in [0.2, 0.25) is 5.95 Å². The van der Waals surface area contributed by atoms with Gasteiger partial charge in [-0.25, -0.2) is 9.37 Å². The van der Waals surface area contributed by atoms with Crippen LogP contribution in [0.4, 0.5) is 16.2 Å². The number of carbonyl (C=O) groups excluding carboxylic acids is 1. The van der Waals surface area contributed by atoms with Crippen molar-refractivity contribution >= 4 is 17.7 Å². The van der Waals surface area contributed by atoms with E-state index in [1.807, 2.05) is 25.2 Å². The third kappa shape index (κ3) is 5.14. The average molecular weight is 474 g/mol. The lowest BCUT2D eigenvalue weighted by atomic mass is 9.98. The van der Waals surface area contributed by atoms with Crippen LogP contribution in [0.2, 0.25) is 0 Å². The maximum Gasteiger partial charge on any atom is 0.254 e. The Bertz CT molecular complexity index is 1190. The van der Waals surface area contributed by atoms with Crippen molar-refractivity contribution in [3.63, 3.8) is 0 Å². The van der Waals surface area contributed by atoms with Crippen LogP contribution in [0.25, 0.3) is 0 Å². The Kier molecular flexibility index (Phi) is 6.66. The van der Waals surface area contributed by atoms with Gasteiger partial charge in [-0.15, -0.1) is 0 Å². The fourth-order valence-corrected chi connectivity index (χ4v) is 4.94. The van der Waals surface area contributed by atoms with E-state index in [9.17, 15) is 9.18 Å². The van der Waals surface area contributed by atoms with Gasteiger partial charge in [-0.1, -0.05) is 43.3 Å². The first kappa shape index (κ1) is 23.3. The Balaban J connectivity index is 1.46. The number of carbonyl (C=O) groups is 1. The summed E-state index contributed by atoms with van der Waals surface area (Å²) in [6, 6.07) is 16.2. The molecule has 0 radical (unpaired) electrons. The molecule has 7 heteroatoms. The van der Waals surface area contributed by atoms with Crippen molar-refractivity contribution in [3.05, 3.63) is 82.8 Å². The molecule has 0 saturated carbocycles. The van der Waals surface area contributed by atoms with Gasteiger partial charge >= 0.3 is 0 Å². The number of fused-ring (bicyclic) bond motifs is 1. The topological polar surface area (TPSA) is 52.6 Å². The Hall–Kier alpha value is -3.48. The highest BCUT2D eigenvalue weighted by Crippen LogP contribution is 2.32. The van der Waals surface area contributed by atoms with E-state index in [0.29, 0.717) is 36.9 Å². The molecule has 6 nitrogen and oxygen atoms in total. The predicted molar refractivity (Wildman–Crippen MR) is 136 cm³/mol. The lowest BCUT2D eigenvalue weighted by Crippen LogP contribution is -2.40. The molecule has 1 fully saturated rings. The van der Waals surface area contributed by atoms with Crippen LogP contribution in [0.15, 0.2) is 54.6 Å². The highest BCUT2D eigenvalue weighted by Gasteiger charge is 2.30. The van der Waals surface area contributed by atoms with Crippen molar-refractivity contribution in [1.82, 2.24) is 14.9 Å². The van der Waals surface area contributed by atoms with E-state index in [0.717, 1.165) is 49.6 Å². The Morgan fingerprint density at radius 2 is 1.83 bits per heavy atom. The molecule has 5 rings (SSSR count). The Morgan fingerprint density at radius 3 is 2.57 bits per heavy atom. The first-order chi connectivity index (χ1) is 17.0. The van der Waals surface area contributed by atoms with Crippen LogP contribution < -0.4 is 9.80 Å². The summed E-state index contributed by atoms with van der Waals surface area (Å²) in [5.74, 6) is 1.80. The van der Waals surface area contributed by atoms with E-state index in [1.165, 1.54) is 17.7 Å². The molecule has 1 amide bonds. The molecule has 0 N–H and O–H groups in total. The van der Waals surface area contributed by atoms with Gasteiger partial charge in [0.1, 0.15) is 11.6 Å². The minimum Gasteiger partial charge on any atom is -0.356 e. The van der Waals surface area contributed by atoms with E-state index < -0.39 is 5.82 Å². The summed E-state index contributed by atoms with van der Waals surface area (Å²) in [7, 11) is 2.03. The molecule has 2 aliphatic rings. The van der Waals surface area contributed by atoms with Gasteiger partial charge < -0.3 is 14.7 Å². The van der Waals surface area contributed by atoms with Crippen LogP contribution in [0.3, 0.4) is 0 Å². The number of piperidine rings is 1. The summed E-state index contributed by atoms with van der Waals surface area (Å²) in [5, 5.41) is 0. The molecular weight excluding hydrogens is 441 g/mol. The maximum absolute atomic E-state index is 13.7. The molecule has 3 aromatic rings. The zero-order valence-electron chi connectivity index (χ0n) is 20.5. The van der Waals surface area contributed by atoms with Gasteiger partial charge in [0.25, 0.3) is 5.91 Å². The number of rotatable bonds is 5. The second kappa shape index (κ2) is 10.0. The zero-order chi connectivity index (χ0) is 24.4. The molecule has 182 valence electrons. The van der Waals surface area contributed by atoms with E-state index in [4.69, 9.17) is 9.97 Å². The molecule has 35 heavy (non-hydrogen) atoms. The molecule has 0 aliphatic carbocycles. The van der Waals surface area contributed by atoms with Gasteiger partial charge in [0, 0.05) is 50.8 Å². The summed E-state index contributed by atoms with van der Waals surface area (Å²) in [5.41, 5.74) is 3.61. The molecule has 0 bridgehead atoms. The third-order valence-corrected chi connectivity index (χ3v) is 7.07. The van der Waals surface area contributed by atoms with Gasteiger partial charge in [-0.2, -0.15) is 4.98 Å². The zero-order valence-corrected chi connectivity index (χ0v) is 20.5.